The maximum Gasteiger partial charge on any atom is 0.303 e. The second-order valence-corrected chi connectivity index (χ2v) is 9.84. The van der Waals surface area contributed by atoms with Crippen molar-refractivity contribution in [2.45, 2.75) is 38.0 Å². The van der Waals surface area contributed by atoms with Gasteiger partial charge in [-0.25, -0.2) is 13.1 Å². The predicted octanol–water partition coefficient (Wildman–Crippen LogP) is 5.06. The van der Waals surface area contributed by atoms with Gasteiger partial charge in [-0.3, -0.25) is 4.79 Å². The van der Waals surface area contributed by atoms with Crippen molar-refractivity contribution in [2.24, 2.45) is 0 Å². The number of rotatable bonds is 11. The van der Waals surface area contributed by atoms with Crippen LogP contribution in [0.4, 0.5) is 0 Å². The minimum Gasteiger partial charge on any atom is -0.481 e. The first-order valence-electron chi connectivity index (χ1n) is 9.56. The van der Waals surface area contributed by atoms with Crippen molar-refractivity contribution in [1.29, 1.82) is 0 Å². The van der Waals surface area contributed by atoms with E-state index in [0.717, 1.165) is 29.5 Å². The lowest BCUT2D eigenvalue weighted by atomic mass is 9.76. The van der Waals surface area contributed by atoms with Gasteiger partial charge in [0, 0.05) is 23.9 Å². The Morgan fingerprint density at radius 3 is 2.38 bits per heavy atom. The SMILES string of the molecule is O=C(O)CCCCCCNS(=O)(=O)CC1c2c(Cl)cc(-c3ccccc3)c1c2Cl. The lowest BCUT2D eigenvalue weighted by Gasteiger charge is -2.34. The normalized spacial score (nSPS) is 15.2. The van der Waals surface area contributed by atoms with Gasteiger partial charge in [0.15, 0.2) is 0 Å². The second-order valence-electron chi connectivity index (χ2n) is 7.20. The van der Waals surface area contributed by atoms with Crippen LogP contribution in [0, 0.1) is 0 Å². The molecular weight excluding hydrogens is 433 g/mol. The quantitative estimate of drug-likeness (QED) is 0.463. The molecule has 0 aromatic heterocycles. The number of benzene rings is 2. The molecule has 2 N–H and O–H groups in total. The maximum atomic E-state index is 12.6. The Morgan fingerprint density at radius 1 is 1.03 bits per heavy atom. The molecule has 2 aliphatic rings. The van der Waals surface area contributed by atoms with Crippen LogP contribution in [0.5, 0.6) is 0 Å². The highest BCUT2D eigenvalue weighted by molar-refractivity contribution is 7.89. The fourth-order valence-electron chi connectivity index (χ4n) is 3.66. The summed E-state index contributed by atoms with van der Waals surface area (Å²) in [5, 5.41) is 9.65. The van der Waals surface area contributed by atoms with E-state index in [2.05, 4.69) is 4.72 Å². The van der Waals surface area contributed by atoms with Crippen LogP contribution < -0.4 is 4.72 Å². The zero-order valence-corrected chi connectivity index (χ0v) is 18.2. The maximum absolute atomic E-state index is 12.6. The average Bonchev–Trinajstić information content (AvgIpc) is 2.67. The standard InChI is InChI=1S/C21H23Cl2NO4S/c22-17-12-15(14-8-4-3-5-9-14)19-16(20(17)21(19)23)13-29(27,28)24-11-7-2-1-6-10-18(25)26/h3-5,8-9,12,16,24H,1-2,6-7,10-11,13H2,(H,25,26). The minimum atomic E-state index is -3.50. The van der Waals surface area contributed by atoms with Gasteiger partial charge in [-0.05, 0) is 41.2 Å². The first kappa shape index (κ1) is 22.1. The van der Waals surface area contributed by atoms with Crippen molar-refractivity contribution < 1.29 is 18.3 Å². The molecule has 1 atom stereocenters. The molecule has 0 amide bonds. The number of fused-ring (bicyclic) bond motifs is 2. The fraction of sp³-hybridized carbons (Fsp3) is 0.381. The molecule has 0 saturated heterocycles. The summed E-state index contributed by atoms with van der Waals surface area (Å²) in [6, 6.07) is 11.5. The molecule has 2 aromatic rings. The number of hydrogen-bond donors (Lipinski definition) is 2. The Bertz CT molecular complexity index is 987. The third-order valence-electron chi connectivity index (χ3n) is 5.10. The topological polar surface area (TPSA) is 83.5 Å². The number of halogens is 2. The number of sulfonamides is 1. The van der Waals surface area contributed by atoms with Gasteiger partial charge in [0.25, 0.3) is 0 Å². The molecule has 0 fully saturated rings. The van der Waals surface area contributed by atoms with Crippen LogP contribution in [-0.4, -0.2) is 31.8 Å². The molecule has 1 unspecified atom stereocenters. The Morgan fingerprint density at radius 2 is 1.72 bits per heavy atom. The molecule has 156 valence electrons. The van der Waals surface area contributed by atoms with Gasteiger partial charge >= 0.3 is 5.97 Å². The third kappa shape index (κ3) is 5.31. The molecule has 2 aliphatic carbocycles. The van der Waals surface area contributed by atoms with Gasteiger partial charge in [-0.15, -0.1) is 0 Å². The number of hydrogen-bond acceptors (Lipinski definition) is 3. The van der Waals surface area contributed by atoms with Crippen LogP contribution in [0.1, 0.15) is 49.1 Å². The van der Waals surface area contributed by atoms with Gasteiger partial charge in [0.1, 0.15) is 0 Å². The molecular formula is C21H23Cl2NO4S. The summed E-state index contributed by atoms with van der Waals surface area (Å²) in [5.41, 5.74) is 3.35. The van der Waals surface area contributed by atoms with Crippen molar-refractivity contribution in [3.8, 4) is 11.1 Å². The molecule has 0 radical (unpaired) electrons. The third-order valence-corrected chi connectivity index (χ3v) is 7.23. The van der Waals surface area contributed by atoms with Crippen LogP contribution in [0.15, 0.2) is 36.4 Å². The molecule has 2 aromatic carbocycles. The van der Waals surface area contributed by atoms with E-state index >= 15 is 0 Å². The van der Waals surface area contributed by atoms with E-state index in [-0.39, 0.29) is 18.1 Å². The number of unbranched alkanes of at least 4 members (excludes halogenated alkanes) is 3. The van der Waals surface area contributed by atoms with Gasteiger partial charge in [-0.1, -0.05) is 66.4 Å². The fourth-order valence-corrected chi connectivity index (χ4v) is 5.86. The summed E-state index contributed by atoms with van der Waals surface area (Å²) in [6.45, 7) is 0.336. The van der Waals surface area contributed by atoms with E-state index < -0.39 is 16.0 Å². The van der Waals surface area contributed by atoms with Crippen LogP contribution in [0.25, 0.3) is 11.1 Å². The van der Waals surface area contributed by atoms with Crippen molar-refractivity contribution in [1.82, 2.24) is 4.72 Å². The first-order valence-corrected chi connectivity index (χ1v) is 12.0. The van der Waals surface area contributed by atoms with E-state index in [1.807, 2.05) is 36.4 Å². The van der Waals surface area contributed by atoms with Crippen molar-refractivity contribution >= 4 is 39.2 Å². The summed E-state index contributed by atoms with van der Waals surface area (Å²) < 4.78 is 27.8. The summed E-state index contributed by atoms with van der Waals surface area (Å²) in [6.07, 6.45) is 2.99. The molecule has 0 aliphatic heterocycles. The Hall–Kier alpha value is -1.60. The van der Waals surface area contributed by atoms with Crippen molar-refractivity contribution in [2.75, 3.05) is 12.3 Å². The van der Waals surface area contributed by atoms with Crippen molar-refractivity contribution in [3.63, 3.8) is 0 Å². The van der Waals surface area contributed by atoms with E-state index in [1.165, 1.54) is 0 Å². The molecule has 0 heterocycles. The molecule has 0 spiro atoms. The molecule has 5 nitrogen and oxygen atoms in total. The monoisotopic (exact) mass is 455 g/mol. The highest BCUT2D eigenvalue weighted by Gasteiger charge is 2.39. The van der Waals surface area contributed by atoms with Gasteiger partial charge < -0.3 is 5.11 Å². The molecule has 0 saturated carbocycles. The van der Waals surface area contributed by atoms with Gasteiger partial charge in [-0.2, -0.15) is 0 Å². The summed E-state index contributed by atoms with van der Waals surface area (Å²) >= 11 is 12.8. The highest BCUT2D eigenvalue weighted by atomic mass is 35.5. The van der Waals surface area contributed by atoms with Crippen molar-refractivity contribution in [3.05, 3.63) is 57.6 Å². The van der Waals surface area contributed by atoms with Crippen LogP contribution in [0.3, 0.4) is 0 Å². The lowest BCUT2D eigenvalue weighted by molar-refractivity contribution is -0.137. The number of nitrogens with one attached hydrogen (secondary N) is 1. The summed E-state index contributed by atoms with van der Waals surface area (Å²) in [5.74, 6) is -1.22. The number of carbonyl (C=O) groups is 1. The highest BCUT2D eigenvalue weighted by Crippen LogP contribution is 2.54. The lowest BCUT2D eigenvalue weighted by Crippen LogP contribution is -2.33. The number of aliphatic carboxylic acids is 1. The largest absolute Gasteiger partial charge is 0.481 e. The number of carboxylic acid groups (broad SMARTS) is 1. The van der Waals surface area contributed by atoms with E-state index in [4.69, 9.17) is 28.3 Å². The van der Waals surface area contributed by atoms with Crippen LogP contribution in [0.2, 0.25) is 10.0 Å². The first-order chi connectivity index (χ1) is 13.8. The van der Waals surface area contributed by atoms with Crippen LogP contribution >= 0.6 is 23.2 Å². The summed E-state index contributed by atoms with van der Waals surface area (Å²) in [7, 11) is -3.50. The molecule has 4 rings (SSSR count). The van der Waals surface area contributed by atoms with Crippen LogP contribution in [-0.2, 0) is 14.8 Å². The van der Waals surface area contributed by atoms with Gasteiger partial charge in [0.05, 0.1) is 10.8 Å². The zero-order chi connectivity index (χ0) is 21.0. The van der Waals surface area contributed by atoms with E-state index in [1.54, 1.807) is 0 Å². The average molecular weight is 456 g/mol. The minimum absolute atomic E-state index is 0.0900. The summed E-state index contributed by atoms with van der Waals surface area (Å²) in [4.78, 5) is 10.5. The van der Waals surface area contributed by atoms with E-state index in [9.17, 15) is 13.2 Å². The Labute approximate surface area is 181 Å². The smallest absolute Gasteiger partial charge is 0.303 e. The molecule has 8 heteroatoms. The molecule has 29 heavy (non-hydrogen) atoms. The Kier molecular flexibility index (Phi) is 7.22. The number of carboxylic acids is 1. The second kappa shape index (κ2) is 9.47. The molecule has 2 bridgehead atoms. The van der Waals surface area contributed by atoms with Gasteiger partial charge in [0.2, 0.25) is 10.0 Å². The zero-order valence-electron chi connectivity index (χ0n) is 15.8. The Balaban J connectivity index is 1.59. The predicted molar refractivity (Wildman–Crippen MR) is 116 cm³/mol. The van der Waals surface area contributed by atoms with E-state index in [0.29, 0.717) is 35.0 Å².